The summed E-state index contributed by atoms with van der Waals surface area (Å²) in [5.74, 6) is 1.49. The predicted molar refractivity (Wildman–Crippen MR) is 87.5 cm³/mol. The Kier molecular flexibility index (Phi) is 5.20. The maximum Gasteiger partial charge on any atom is 0.224 e. The van der Waals surface area contributed by atoms with Gasteiger partial charge in [-0.1, -0.05) is 23.7 Å². The fourth-order valence-corrected chi connectivity index (χ4v) is 2.43. The first-order valence-electron chi connectivity index (χ1n) is 6.32. The van der Waals surface area contributed by atoms with Gasteiger partial charge < -0.3 is 10.2 Å². The van der Waals surface area contributed by atoms with Gasteiger partial charge in [0.25, 0.3) is 0 Å². The molecule has 20 heavy (non-hydrogen) atoms. The van der Waals surface area contributed by atoms with Gasteiger partial charge in [-0.15, -0.1) is 0 Å². The van der Waals surface area contributed by atoms with Crippen LogP contribution in [0.4, 0.5) is 11.8 Å². The van der Waals surface area contributed by atoms with Crippen LogP contribution in [0, 0.1) is 0 Å². The second kappa shape index (κ2) is 6.90. The Morgan fingerprint density at radius 1 is 1.30 bits per heavy atom. The number of anilines is 2. The van der Waals surface area contributed by atoms with Crippen LogP contribution < -0.4 is 10.2 Å². The summed E-state index contributed by atoms with van der Waals surface area (Å²) in [5.41, 5.74) is 1.17. The van der Waals surface area contributed by atoms with Crippen LogP contribution in [0.1, 0.15) is 12.5 Å². The lowest BCUT2D eigenvalue weighted by molar-refractivity contribution is 0.885. The van der Waals surface area contributed by atoms with E-state index in [0.717, 1.165) is 28.4 Å². The zero-order chi connectivity index (χ0) is 14.5. The fourth-order valence-electron chi connectivity index (χ4n) is 1.81. The van der Waals surface area contributed by atoms with Crippen molar-refractivity contribution in [1.29, 1.82) is 0 Å². The maximum atomic E-state index is 5.90. The Morgan fingerprint density at radius 2 is 2.00 bits per heavy atom. The third-order valence-electron chi connectivity index (χ3n) is 2.76. The SMILES string of the molecule is CCNc1ncc(Br)c(N(C)Cc2ccc(Cl)cc2)n1. The molecule has 6 heteroatoms. The highest BCUT2D eigenvalue weighted by Gasteiger charge is 2.10. The molecule has 1 aromatic heterocycles. The molecule has 0 fully saturated rings. The number of nitrogens with one attached hydrogen (secondary N) is 1. The molecule has 0 atom stereocenters. The Labute approximate surface area is 132 Å². The van der Waals surface area contributed by atoms with Crippen molar-refractivity contribution in [2.24, 2.45) is 0 Å². The molecule has 0 unspecified atom stereocenters. The molecule has 2 rings (SSSR count). The van der Waals surface area contributed by atoms with E-state index in [2.05, 4.69) is 36.1 Å². The third kappa shape index (κ3) is 3.84. The summed E-state index contributed by atoms with van der Waals surface area (Å²) in [6.07, 6.45) is 1.76. The van der Waals surface area contributed by atoms with Gasteiger partial charge >= 0.3 is 0 Å². The molecule has 106 valence electrons. The molecule has 2 aromatic rings. The van der Waals surface area contributed by atoms with Crippen LogP contribution in [-0.2, 0) is 6.54 Å². The van der Waals surface area contributed by atoms with Gasteiger partial charge in [-0.05, 0) is 40.5 Å². The van der Waals surface area contributed by atoms with Crippen molar-refractivity contribution in [2.75, 3.05) is 23.8 Å². The minimum Gasteiger partial charge on any atom is -0.354 e. The number of halogens is 2. The van der Waals surface area contributed by atoms with Gasteiger partial charge in [0.2, 0.25) is 5.95 Å². The molecule has 1 aromatic carbocycles. The van der Waals surface area contributed by atoms with Gasteiger partial charge in [0.1, 0.15) is 5.82 Å². The van der Waals surface area contributed by atoms with Gasteiger partial charge in [-0.25, -0.2) is 4.98 Å². The monoisotopic (exact) mass is 354 g/mol. The third-order valence-corrected chi connectivity index (χ3v) is 3.57. The molecule has 0 saturated carbocycles. The van der Waals surface area contributed by atoms with Crippen molar-refractivity contribution >= 4 is 39.3 Å². The lowest BCUT2D eigenvalue weighted by atomic mass is 10.2. The largest absolute Gasteiger partial charge is 0.354 e. The summed E-state index contributed by atoms with van der Waals surface area (Å²) in [6.45, 7) is 3.56. The summed E-state index contributed by atoms with van der Waals surface area (Å²) < 4.78 is 0.871. The first-order chi connectivity index (χ1) is 9.60. The normalized spacial score (nSPS) is 10.4. The Bertz CT molecular complexity index is 574. The summed E-state index contributed by atoms with van der Waals surface area (Å²) in [6, 6.07) is 7.81. The van der Waals surface area contributed by atoms with E-state index in [0.29, 0.717) is 5.95 Å². The van der Waals surface area contributed by atoms with E-state index >= 15 is 0 Å². The molecule has 1 N–H and O–H groups in total. The van der Waals surface area contributed by atoms with Crippen LogP contribution in [0.5, 0.6) is 0 Å². The zero-order valence-corrected chi connectivity index (χ0v) is 13.7. The molecule has 0 amide bonds. The van der Waals surface area contributed by atoms with E-state index in [-0.39, 0.29) is 0 Å². The first kappa shape index (κ1) is 15.1. The van der Waals surface area contributed by atoms with Crippen molar-refractivity contribution < 1.29 is 0 Å². The zero-order valence-electron chi connectivity index (χ0n) is 11.4. The van der Waals surface area contributed by atoms with Crippen LogP contribution in [0.15, 0.2) is 34.9 Å². The van der Waals surface area contributed by atoms with Gasteiger partial charge in [-0.2, -0.15) is 4.98 Å². The standard InChI is InChI=1S/C14H16BrClN4/c1-3-17-14-18-8-12(15)13(19-14)20(2)9-10-4-6-11(16)7-5-10/h4-8H,3,9H2,1-2H3,(H,17,18,19). The van der Waals surface area contributed by atoms with Crippen LogP contribution in [0.25, 0.3) is 0 Å². The van der Waals surface area contributed by atoms with Crippen molar-refractivity contribution in [1.82, 2.24) is 9.97 Å². The van der Waals surface area contributed by atoms with Crippen molar-refractivity contribution in [3.05, 3.63) is 45.5 Å². The molecule has 0 saturated heterocycles. The van der Waals surface area contributed by atoms with E-state index in [1.807, 2.05) is 38.2 Å². The summed E-state index contributed by atoms with van der Waals surface area (Å²) in [4.78, 5) is 10.8. The second-order valence-corrected chi connectivity index (χ2v) is 5.67. The highest BCUT2D eigenvalue weighted by atomic mass is 79.9. The molecule has 0 radical (unpaired) electrons. The molecule has 4 nitrogen and oxygen atoms in total. The maximum absolute atomic E-state index is 5.90. The summed E-state index contributed by atoms with van der Waals surface area (Å²) in [7, 11) is 2.00. The minimum absolute atomic E-state index is 0.633. The quantitative estimate of drug-likeness (QED) is 0.881. The van der Waals surface area contributed by atoms with Crippen LogP contribution in [0.3, 0.4) is 0 Å². The molecule has 0 aliphatic rings. The van der Waals surface area contributed by atoms with Crippen molar-refractivity contribution in [3.63, 3.8) is 0 Å². The van der Waals surface area contributed by atoms with Gasteiger partial charge in [0, 0.05) is 31.4 Å². The Morgan fingerprint density at radius 3 is 2.65 bits per heavy atom. The van der Waals surface area contributed by atoms with Crippen LogP contribution in [0.2, 0.25) is 5.02 Å². The number of hydrogen-bond acceptors (Lipinski definition) is 4. The van der Waals surface area contributed by atoms with Gasteiger partial charge in [0.15, 0.2) is 0 Å². The summed E-state index contributed by atoms with van der Waals surface area (Å²) >= 11 is 9.39. The molecule has 0 aliphatic heterocycles. The first-order valence-corrected chi connectivity index (χ1v) is 7.49. The fraction of sp³-hybridized carbons (Fsp3) is 0.286. The van der Waals surface area contributed by atoms with Crippen LogP contribution in [-0.4, -0.2) is 23.6 Å². The van der Waals surface area contributed by atoms with E-state index in [4.69, 9.17) is 11.6 Å². The van der Waals surface area contributed by atoms with Crippen molar-refractivity contribution in [2.45, 2.75) is 13.5 Å². The van der Waals surface area contributed by atoms with Crippen LogP contribution >= 0.6 is 27.5 Å². The highest BCUT2D eigenvalue weighted by molar-refractivity contribution is 9.10. The second-order valence-electron chi connectivity index (χ2n) is 4.38. The Hall–Kier alpha value is -1.33. The van der Waals surface area contributed by atoms with E-state index in [1.165, 1.54) is 5.56 Å². The molecule has 0 aliphatic carbocycles. The average molecular weight is 356 g/mol. The van der Waals surface area contributed by atoms with Gasteiger partial charge in [0.05, 0.1) is 4.47 Å². The van der Waals surface area contributed by atoms with E-state index in [1.54, 1.807) is 6.20 Å². The smallest absolute Gasteiger partial charge is 0.224 e. The molecule has 0 bridgehead atoms. The molecule has 1 heterocycles. The highest BCUT2D eigenvalue weighted by Crippen LogP contribution is 2.24. The molecule has 0 spiro atoms. The number of benzene rings is 1. The molecular formula is C14H16BrClN4. The van der Waals surface area contributed by atoms with Gasteiger partial charge in [-0.3, -0.25) is 0 Å². The lowest BCUT2D eigenvalue weighted by Crippen LogP contribution is -2.19. The number of aromatic nitrogens is 2. The number of rotatable bonds is 5. The Balaban J connectivity index is 2.17. The number of hydrogen-bond donors (Lipinski definition) is 1. The minimum atomic E-state index is 0.633. The lowest BCUT2D eigenvalue weighted by Gasteiger charge is -2.20. The summed E-state index contributed by atoms with van der Waals surface area (Å²) in [5, 5.41) is 3.86. The number of nitrogens with zero attached hydrogens (tertiary/aromatic N) is 3. The van der Waals surface area contributed by atoms with E-state index in [9.17, 15) is 0 Å². The average Bonchev–Trinajstić information content (AvgIpc) is 2.43. The van der Waals surface area contributed by atoms with Crippen molar-refractivity contribution in [3.8, 4) is 0 Å². The van der Waals surface area contributed by atoms with E-state index < -0.39 is 0 Å². The molecular weight excluding hydrogens is 340 g/mol. The predicted octanol–water partition coefficient (Wildman–Crippen LogP) is 3.96. The topological polar surface area (TPSA) is 41.1 Å².